The molecule has 0 spiro atoms. The van der Waals surface area contributed by atoms with Crippen molar-refractivity contribution >= 4 is 0 Å². The zero-order valence-electron chi connectivity index (χ0n) is 9.79. The quantitative estimate of drug-likeness (QED) is 0.745. The van der Waals surface area contributed by atoms with E-state index < -0.39 is 0 Å². The molecule has 0 aliphatic rings. The fourth-order valence-corrected chi connectivity index (χ4v) is 1.55. The van der Waals surface area contributed by atoms with Crippen molar-refractivity contribution < 1.29 is 0 Å². The molecule has 3 nitrogen and oxygen atoms in total. The van der Waals surface area contributed by atoms with Crippen LogP contribution in [0, 0.1) is 0 Å². The summed E-state index contributed by atoms with van der Waals surface area (Å²) in [6.07, 6.45) is 1.85. The van der Waals surface area contributed by atoms with E-state index in [-0.39, 0.29) is 5.56 Å². The third kappa shape index (κ3) is 3.20. The normalized spacial score (nSPS) is 10.9. The first-order valence-corrected chi connectivity index (χ1v) is 5.57. The molecule has 0 unspecified atom stereocenters. The highest BCUT2D eigenvalue weighted by Crippen LogP contribution is 2.07. The van der Waals surface area contributed by atoms with Crippen LogP contribution in [0.2, 0.25) is 0 Å². The number of aromatic nitrogens is 1. The van der Waals surface area contributed by atoms with E-state index in [0.29, 0.717) is 5.92 Å². The Balaban J connectivity index is 2.81. The van der Waals surface area contributed by atoms with Crippen molar-refractivity contribution in [2.75, 3.05) is 13.1 Å². The Kier molecular flexibility index (Phi) is 4.56. The van der Waals surface area contributed by atoms with Crippen molar-refractivity contribution in [2.24, 2.45) is 0 Å². The summed E-state index contributed by atoms with van der Waals surface area (Å²) in [7, 11) is 0. The minimum Gasteiger partial charge on any atom is -0.315 e. The van der Waals surface area contributed by atoms with E-state index in [9.17, 15) is 4.79 Å². The van der Waals surface area contributed by atoms with E-state index in [0.717, 1.165) is 25.2 Å². The van der Waals surface area contributed by atoms with Gasteiger partial charge in [0, 0.05) is 24.8 Å². The Morgan fingerprint density at radius 3 is 2.80 bits per heavy atom. The van der Waals surface area contributed by atoms with Crippen LogP contribution < -0.4 is 10.9 Å². The number of hydrogen-bond donors (Lipinski definition) is 1. The number of rotatable bonds is 5. The molecule has 1 heterocycles. The van der Waals surface area contributed by atoms with Crippen molar-refractivity contribution in [3.05, 3.63) is 34.2 Å². The van der Waals surface area contributed by atoms with E-state index >= 15 is 0 Å². The number of nitrogens with zero attached hydrogens (tertiary/aromatic N) is 1. The Labute approximate surface area is 91.1 Å². The Morgan fingerprint density at radius 1 is 1.47 bits per heavy atom. The third-order valence-electron chi connectivity index (χ3n) is 2.45. The molecule has 0 bridgehead atoms. The van der Waals surface area contributed by atoms with Gasteiger partial charge in [0.15, 0.2) is 0 Å². The monoisotopic (exact) mass is 208 g/mol. The van der Waals surface area contributed by atoms with Crippen LogP contribution in [-0.2, 0) is 6.54 Å². The first-order valence-electron chi connectivity index (χ1n) is 5.57. The maximum Gasteiger partial charge on any atom is 0.254 e. The van der Waals surface area contributed by atoms with E-state index in [4.69, 9.17) is 0 Å². The van der Waals surface area contributed by atoms with Crippen LogP contribution in [0.25, 0.3) is 0 Å². The van der Waals surface area contributed by atoms with Gasteiger partial charge in [0.2, 0.25) is 0 Å². The second-order valence-corrected chi connectivity index (χ2v) is 3.97. The fourth-order valence-electron chi connectivity index (χ4n) is 1.55. The molecule has 0 fully saturated rings. The summed E-state index contributed by atoms with van der Waals surface area (Å²) >= 11 is 0. The molecule has 84 valence electrons. The Hall–Kier alpha value is -1.09. The highest BCUT2D eigenvalue weighted by Gasteiger charge is 2.05. The molecule has 0 aromatic carbocycles. The van der Waals surface area contributed by atoms with Crippen LogP contribution in [0.3, 0.4) is 0 Å². The van der Waals surface area contributed by atoms with E-state index in [1.54, 1.807) is 4.57 Å². The second-order valence-electron chi connectivity index (χ2n) is 3.97. The van der Waals surface area contributed by atoms with Gasteiger partial charge in [-0.1, -0.05) is 26.8 Å². The average Bonchev–Trinajstić information content (AvgIpc) is 2.20. The van der Waals surface area contributed by atoms with Crippen LogP contribution in [0.4, 0.5) is 0 Å². The standard InChI is InChI=1S/C12H20N2O/c1-4-13-7-9-14-8-5-6-11(10(2)3)12(14)15/h5-6,8,10,13H,4,7,9H2,1-3H3. The molecule has 0 aliphatic heterocycles. The van der Waals surface area contributed by atoms with Gasteiger partial charge in [0.25, 0.3) is 5.56 Å². The van der Waals surface area contributed by atoms with Crippen LogP contribution in [0.1, 0.15) is 32.3 Å². The topological polar surface area (TPSA) is 34.0 Å². The maximum atomic E-state index is 11.9. The lowest BCUT2D eigenvalue weighted by atomic mass is 10.1. The lowest BCUT2D eigenvalue weighted by Crippen LogP contribution is -2.28. The number of hydrogen-bond acceptors (Lipinski definition) is 2. The van der Waals surface area contributed by atoms with Gasteiger partial charge in [-0.3, -0.25) is 4.79 Å². The van der Waals surface area contributed by atoms with Gasteiger partial charge in [-0.15, -0.1) is 0 Å². The van der Waals surface area contributed by atoms with Gasteiger partial charge in [0.1, 0.15) is 0 Å². The smallest absolute Gasteiger partial charge is 0.254 e. The zero-order chi connectivity index (χ0) is 11.3. The van der Waals surface area contributed by atoms with E-state index in [2.05, 4.69) is 12.2 Å². The lowest BCUT2D eigenvalue weighted by Gasteiger charge is -2.10. The molecule has 0 saturated heterocycles. The van der Waals surface area contributed by atoms with Crippen molar-refractivity contribution in [3.8, 4) is 0 Å². The highest BCUT2D eigenvalue weighted by molar-refractivity contribution is 5.14. The van der Waals surface area contributed by atoms with Crippen LogP contribution >= 0.6 is 0 Å². The molecule has 0 amide bonds. The predicted octanol–water partition coefficient (Wildman–Crippen LogP) is 1.58. The predicted molar refractivity (Wildman–Crippen MR) is 63.3 cm³/mol. The summed E-state index contributed by atoms with van der Waals surface area (Å²) in [6, 6.07) is 3.86. The largest absolute Gasteiger partial charge is 0.315 e. The maximum absolute atomic E-state index is 11.9. The summed E-state index contributed by atoms with van der Waals surface area (Å²) in [6.45, 7) is 8.69. The summed E-state index contributed by atoms with van der Waals surface area (Å²) < 4.78 is 1.78. The van der Waals surface area contributed by atoms with E-state index in [1.807, 2.05) is 32.2 Å². The molecule has 1 aromatic rings. The number of nitrogens with one attached hydrogen (secondary N) is 1. The molecular weight excluding hydrogens is 188 g/mol. The summed E-state index contributed by atoms with van der Waals surface area (Å²) in [5.41, 5.74) is 1.04. The molecule has 3 heteroatoms. The highest BCUT2D eigenvalue weighted by atomic mass is 16.1. The SMILES string of the molecule is CCNCCn1cccc(C(C)C)c1=O. The molecular formula is C12H20N2O. The van der Waals surface area contributed by atoms with Crippen molar-refractivity contribution in [1.82, 2.24) is 9.88 Å². The van der Waals surface area contributed by atoms with Crippen LogP contribution in [0.5, 0.6) is 0 Å². The van der Waals surface area contributed by atoms with Gasteiger partial charge < -0.3 is 9.88 Å². The van der Waals surface area contributed by atoms with Crippen molar-refractivity contribution in [2.45, 2.75) is 33.2 Å². The number of pyridine rings is 1. The molecule has 0 radical (unpaired) electrons. The molecule has 0 saturated carbocycles. The minimum atomic E-state index is 0.144. The molecule has 0 atom stereocenters. The first kappa shape index (κ1) is 12.0. The summed E-state index contributed by atoms with van der Waals surface area (Å²) in [5.74, 6) is 0.295. The molecule has 1 N–H and O–H groups in total. The first-order chi connectivity index (χ1) is 7.16. The van der Waals surface area contributed by atoms with Gasteiger partial charge in [-0.05, 0) is 18.5 Å². The third-order valence-corrected chi connectivity index (χ3v) is 2.45. The average molecular weight is 208 g/mol. The number of likely N-dealkylation sites (N-methyl/N-ethyl adjacent to an activating group) is 1. The molecule has 1 aromatic heterocycles. The van der Waals surface area contributed by atoms with Gasteiger partial charge in [0.05, 0.1) is 0 Å². The molecule has 1 rings (SSSR count). The minimum absolute atomic E-state index is 0.144. The van der Waals surface area contributed by atoms with Gasteiger partial charge in [-0.2, -0.15) is 0 Å². The summed E-state index contributed by atoms with van der Waals surface area (Å²) in [5, 5.41) is 3.21. The van der Waals surface area contributed by atoms with E-state index in [1.165, 1.54) is 0 Å². The zero-order valence-corrected chi connectivity index (χ0v) is 9.79. The lowest BCUT2D eigenvalue weighted by molar-refractivity contribution is 0.592. The molecule has 0 aliphatic carbocycles. The molecule has 15 heavy (non-hydrogen) atoms. The van der Waals surface area contributed by atoms with Gasteiger partial charge in [-0.25, -0.2) is 0 Å². The Morgan fingerprint density at radius 2 is 2.20 bits per heavy atom. The van der Waals surface area contributed by atoms with Crippen LogP contribution in [-0.4, -0.2) is 17.7 Å². The van der Waals surface area contributed by atoms with Crippen LogP contribution in [0.15, 0.2) is 23.1 Å². The Bertz CT molecular complexity index is 355. The fraction of sp³-hybridized carbons (Fsp3) is 0.583. The summed E-state index contributed by atoms with van der Waals surface area (Å²) in [4.78, 5) is 11.9. The van der Waals surface area contributed by atoms with Crippen molar-refractivity contribution in [1.29, 1.82) is 0 Å². The second kappa shape index (κ2) is 5.71. The van der Waals surface area contributed by atoms with Crippen molar-refractivity contribution in [3.63, 3.8) is 0 Å². The van der Waals surface area contributed by atoms with Gasteiger partial charge >= 0.3 is 0 Å².